The summed E-state index contributed by atoms with van der Waals surface area (Å²) in [5, 5.41) is 2.64. The second-order valence-electron chi connectivity index (χ2n) is 6.00. The summed E-state index contributed by atoms with van der Waals surface area (Å²) in [7, 11) is 1.26. The van der Waals surface area contributed by atoms with Crippen LogP contribution in [0.3, 0.4) is 0 Å². The number of ether oxygens (including phenoxy) is 2. The van der Waals surface area contributed by atoms with Crippen molar-refractivity contribution in [3.05, 3.63) is 48.6 Å². The van der Waals surface area contributed by atoms with Crippen molar-refractivity contribution in [3.63, 3.8) is 0 Å². The molecule has 2 amide bonds. The number of hydrogen-bond acceptors (Lipinski definition) is 5. The quantitative estimate of drug-likeness (QED) is 0.594. The van der Waals surface area contributed by atoms with Gasteiger partial charge in [0.15, 0.2) is 0 Å². The van der Waals surface area contributed by atoms with Gasteiger partial charge in [0.1, 0.15) is 18.7 Å². The molecule has 1 aliphatic heterocycles. The van der Waals surface area contributed by atoms with Gasteiger partial charge in [0, 0.05) is 6.54 Å². The Labute approximate surface area is 153 Å². The molecule has 0 saturated carbocycles. The van der Waals surface area contributed by atoms with Crippen LogP contribution < -0.4 is 5.32 Å². The van der Waals surface area contributed by atoms with Crippen molar-refractivity contribution in [1.82, 2.24) is 10.2 Å². The minimum absolute atomic E-state index is 0.145. The zero-order valence-electron chi connectivity index (χ0n) is 14.8. The number of nitrogens with one attached hydrogen (secondary N) is 1. The summed E-state index contributed by atoms with van der Waals surface area (Å²) in [6, 6.07) is 7.86. The molecule has 2 rings (SSSR count). The van der Waals surface area contributed by atoms with Crippen LogP contribution in [0, 0.1) is 0 Å². The second kappa shape index (κ2) is 9.60. The van der Waals surface area contributed by atoms with Crippen molar-refractivity contribution >= 4 is 18.0 Å². The average Bonchev–Trinajstić information content (AvgIpc) is 3.16. The Hall–Kier alpha value is -2.83. The van der Waals surface area contributed by atoms with Crippen molar-refractivity contribution < 1.29 is 23.9 Å². The molecule has 1 fully saturated rings. The van der Waals surface area contributed by atoms with Crippen LogP contribution in [0.25, 0.3) is 0 Å². The highest BCUT2D eigenvalue weighted by molar-refractivity contribution is 5.90. The number of nitrogens with zero attached hydrogens (tertiary/aromatic N) is 1. The number of amides is 2. The van der Waals surface area contributed by atoms with Gasteiger partial charge in [0.25, 0.3) is 0 Å². The fraction of sp³-hybridized carbons (Fsp3) is 0.421. The molecule has 7 nitrogen and oxygen atoms in total. The lowest BCUT2D eigenvalue weighted by Gasteiger charge is -2.25. The molecule has 1 heterocycles. The van der Waals surface area contributed by atoms with Crippen LogP contribution in [0.5, 0.6) is 0 Å². The molecule has 1 aromatic carbocycles. The SMILES string of the molecule is C=CC[C@H](NC(=O)[C@H]1CCCN1C(=O)OCc1ccccc1)C(=O)OC. The van der Waals surface area contributed by atoms with E-state index in [9.17, 15) is 14.4 Å². The third kappa shape index (κ3) is 5.08. The number of carbonyl (C=O) groups is 3. The van der Waals surface area contributed by atoms with Crippen LogP contribution in [0.4, 0.5) is 4.79 Å². The molecular formula is C19H24N2O5. The maximum absolute atomic E-state index is 12.5. The van der Waals surface area contributed by atoms with E-state index in [1.807, 2.05) is 30.3 Å². The van der Waals surface area contributed by atoms with Gasteiger partial charge >= 0.3 is 12.1 Å². The van der Waals surface area contributed by atoms with Crippen molar-refractivity contribution in [1.29, 1.82) is 0 Å². The predicted molar refractivity (Wildman–Crippen MR) is 95.1 cm³/mol. The standard InChI is InChI=1S/C19H24N2O5/c1-3-8-15(18(23)25-2)20-17(22)16-11-7-12-21(16)19(24)26-13-14-9-5-4-6-10-14/h3-6,9-10,15-16H,1,7-8,11-13H2,2H3,(H,20,22)/t15-,16+/m0/s1. The Balaban J connectivity index is 1.94. The Morgan fingerprint density at radius 2 is 2.08 bits per heavy atom. The fourth-order valence-corrected chi connectivity index (χ4v) is 2.85. The van der Waals surface area contributed by atoms with Crippen molar-refractivity contribution in [2.24, 2.45) is 0 Å². The van der Waals surface area contributed by atoms with Gasteiger partial charge in [0.05, 0.1) is 7.11 Å². The Bertz CT molecular complexity index is 647. The third-order valence-electron chi connectivity index (χ3n) is 4.20. The van der Waals surface area contributed by atoms with Gasteiger partial charge in [-0.1, -0.05) is 36.4 Å². The first kappa shape index (κ1) is 19.5. The van der Waals surface area contributed by atoms with E-state index in [4.69, 9.17) is 4.74 Å². The second-order valence-corrected chi connectivity index (χ2v) is 6.00. The number of hydrogen-bond donors (Lipinski definition) is 1. The first-order valence-corrected chi connectivity index (χ1v) is 8.53. The molecule has 0 aliphatic carbocycles. The topological polar surface area (TPSA) is 84.9 Å². The maximum atomic E-state index is 12.5. The molecule has 2 atom stereocenters. The molecule has 0 bridgehead atoms. The molecule has 140 valence electrons. The maximum Gasteiger partial charge on any atom is 0.410 e. The van der Waals surface area contributed by atoms with E-state index >= 15 is 0 Å². The summed E-state index contributed by atoms with van der Waals surface area (Å²) in [5.41, 5.74) is 0.873. The Morgan fingerprint density at radius 1 is 1.35 bits per heavy atom. The number of rotatable bonds is 7. The smallest absolute Gasteiger partial charge is 0.410 e. The molecule has 0 spiro atoms. The van der Waals surface area contributed by atoms with Crippen molar-refractivity contribution in [2.75, 3.05) is 13.7 Å². The van der Waals surface area contributed by atoms with Crippen LogP contribution in [0.15, 0.2) is 43.0 Å². The summed E-state index contributed by atoms with van der Waals surface area (Å²) >= 11 is 0. The normalized spacial score (nSPS) is 17.3. The number of esters is 1. The van der Waals surface area contributed by atoms with Gasteiger partial charge in [-0.2, -0.15) is 0 Å². The zero-order valence-corrected chi connectivity index (χ0v) is 14.8. The first-order valence-electron chi connectivity index (χ1n) is 8.53. The summed E-state index contributed by atoms with van der Waals surface area (Å²) in [5.74, 6) is -0.939. The number of methoxy groups -OCH3 is 1. The Kier molecular flexibility index (Phi) is 7.20. The molecule has 1 N–H and O–H groups in total. The van der Waals surface area contributed by atoms with Crippen LogP contribution >= 0.6 is 0 Å². The van der Waals surface area contributed by atoms with E-state index in [0.717, 1.165) is 5.56 Å². The fourth-order valence-electron chi connectivity index (χ4n) is 2.85. The molecule has 0 unspecified atom stereocenters. The molecule has 1 aliphatic rings. The minimum Gasteiger partial charge on any atom is -0.467 e. The van der Waals surface area contributed by atoms with Crippen molar-refractivity contribution in [3.8, 4) is 0 Å². The molecule has 0 aromatic heterocycles. The first-order chi connectivity index (χ1) is 12.6. The van der Waals surface area contributed by atoms with Gasteiger partial charge in [0.2, 0.25) is 5.91 Å². The van der Waals surface area contributed by atoms with Crippen molar-refractivity contribution in [2.45, 2.75) is 38.0 Å². The van der Waals surface area contributed by atoms with E-state index in [1.165, 1.54) is 18.1 Å². The zero-order chi connectivity index (χ0) is 18.9. The molecule has 1 saturated heterocycles. The highest BCUT2D eigenvalue weighted by atomic mass is 16.6. The monoisotopic (exact) mass is 360 g/mol. The molecule has 7 heteroatoms. The lowest BCUT2D eigenvalue weighted by Crippen LogP contribution is -2.51. The minimum atomic E-state index is -0.812. The van der Waals surface area contributed by atoms with E-state index in [2.05, 4.69) is 16.6 Å². The van der Waals surface area contributed by atoms with Gasteiger partial charge in [-0.25, -0.2) is 9.59 Å². The van der Waals surface area contributed by atoms with E-state index < -0.39 is 30.1 Å². The number of carbonyl (C=O) groups excluding carboxylic acids is 3. The highest BCUT2D eigenvalue weighted by Gasteiger charge is 2.36. The van der Waals surface area contributed by atoms with Crippen LogP contribution in [-0.4, -0.2) is 48.6 Å². The largest absolute Gasteiger partial charge is 0.467 e. The molecule has 0 radical (unpaired) electrons. The van der Waals surface area contributed by atoms with E-state index in [0.29, 0.717) is 19.4 Å². The van der Waals surface area contributed by atoms with Gasteiger partial charge in [-0.3, -0.25) is 9.69 Å². The lowest BCUT2D eigenvalue weighted by atomic mass is 10.1. The Morgan fingerprint density at radius 3 is 2.73 bits per heavy atom. The molecule has 26 heavy (non-hydrogen) atoms. The third-order valence-corrected chi connectivity index (χ3v) is 4.20. The van der Waals surface area contributed by atoms with E-state index in [1.54, 1.807) is 0 Å². The summed E-state index contributed by atoms with van der Waals surface area (Å²) in [6.07, 6.45) is 2.47. The predicted octanol–water partition coefficient (Wildman–Crippen LogP) is 2.02. The van der Waals surface area contributed by atoms with Gasteiger partial charge < -0.3 is 14.8 Å². The molecule has 1 aromatic rings. The number of benzene rings is 1. The summed E-state index contributed by atoms with van der Waals surface area (Å²) < 4.78 is 10.00. The van der Waals surface area contributed by atoms with Crippen LogP contribution in [0.1, 0.15) is 24.8 Å². The van der Waals surface area contributed by atoms with Gasteiger partial charge in [-0.05, 0) is 24.8 Å². The highest BCUT2D eigenvalue weighted by Crippen LogP contribution is 2.19. The number of likely N-dealkylation sites (tertiary alicyclic amines) is 1. The van der Waals surface area contributed by atoms with Crippen LogP contribution in [-0.2, 0) is 25.7 Å². The summed E-state index contributed by atoms with van der Waals surface area (Å²) in [6.45, 7) is 4.16. The van der Waals surface area contributed by atoms with Crippen LogP contribution in [0.2, 0.25) is 0 Å². The molecular weight excluding hydrogens is 336 g/mol. The summed E-state index contributed by atoms with van der Waals surface area (Å²) in [4.78, 5) is 38.0. The van der Waals surface area contributed by atoms with Gasteiger partial charge in [-0.15, -0.1) is 6.58 Å². The average molecular weight is 360 g/mol. The van der Waals surface area contributed by atoms with E-state index in [-0.39, 0.29) is 13.0 Å². The lowest BCUT2D eigenvalue weighted by molar-refractivity contribution is -0.145.